The first kappa shape index (κ1) is 15.6. The monoisotopic (exact) mass is 330 g/mol. The second-order valence-electron chi connectivity index (χ2n) is 7.26. The average molecular weight is 330 g/mol. The SMILES string of the molecule is O=C1[C@H]2CCCC[C@@H]2C(=O)N1C[NH+]1CCN(c2cc[nH+]cc2)CC1. The van der Waals surface area contributed by atoms with Gasteiger partial charge in [0, 0.05) is 17.8 Å². The molecule has 1 aliphatic carbocycles. The number of piperazine rings is 1. The maximum atomic E-state index is 12.6. The maximum Gasteiger partial charge on any atom is 0.237 e. The highest BCUT2D eigenvalue weighted by molar-refractivity contribution is 6.05. The molecule has 1 aromatic heterocycles. The van der Waals surface area contributed by atoms with Crippen molar-refractivity contribution < 1.29 is 19.5 Å². The first-order valence-corrected chi connectivity index (χ1v) is 9.14. The van der Waals surface area contributed by atoms with Crippen molar-refractivity contribution in [2.75, 3.05) is 37.7 Å². The zero-order valence-corrected chi connectivity index (χ0v) is 14.0. The molecular formula is C18H26N4O2+2. The van der Waals surface area contributed by atoms with Gasteiger partial charge in [-0.2, -0.15) is 0 Å². The molecule has 0 bridgehead atoms. The minimum Gasteiger partial charge on any atom is -0.360 e. The Labute approximate surface area is 142 Å². The highest BCUT2D eigenvalue weighted by Gasteiger charge is 2.49. The molecule has 0 unspecified atom stereocenters. The lowest BCUT2D eigenvalue weighted by atomic mass is 9.81. The van der Waals surface area contributed by atoms with Crippen LogP contribution >= 0.6 is 0 Å². The highest BCUT2D eigenvalue weighted by Crippen LogP contribution is 2.37. The van der Waals surface area contributed by atoms with Crippen LogP contribution in [-0.2, 0) is 9.59 Å². The Morgan fingerprint density at radius 1 is 1.00 bits per heavy atom. The molecule has 3 aliphatic rings. The molecular weight excluding hydrogens is 304 g/mol. The average Bonchev–Trinajstić information content (AvgIpc) is 2.88. The van der Waals surface area contributed by atoms with Gasteiger partial charge in [-0.15, -0.1) is 0 Å². The third kappa shape index (κ3) is 2.79. The largest absolute Gasteiger partial charge is 0.360 e. The number of nitrogens with zero attached hydrogens (tertiary/aromatic N) is 2. The fourth-order valence-corrected chi connectivity index (χ4v) is 4.44. The number of H-pyrrole nitrogens is 1. The Morgan fingerprint density at radius 2 is 1.58 bits per heavy atom. The van der Waals surface area contributed by atoms with Gasteiger partial charge in [-0.3, -0.25) is 9.59 Å². The van der Waals surface area contributed by atoms with Crippen LogP contribution in [0.1, 0.15) is 25.7 Å². The number of hydrogen-bond donors (Lipinski definition) is 1. The van der Waals surface area contributed by atoms with E-state index in [9.17, 15) is 9.59 Å². The van der Waals surface area contributed by atoms with Gasteiger partial charge in [0.2, 0.25) is 11.8 Å². The summed E-state index contributed by atoms with van der Waals surface area (Å²) in [6.07, 6.45) is 7.87. The molecule has 0 radical (unpaired) electrons. The van der Waals surface area contributed by atoms with E-state index < -0.39 is 0 Å². The number of pyridine rings is 1. The number of anilines is 1. The second-order valence-corrected chi connectivity index (χ2v) is 7.26. The van der Waals surface area contributed by atoms with Crippen LogP contribution in [0.15, 0.2) is 24.5 Å². The van der Waals surface area contributed by atoms with Crippen molar-refractivity contribution in [1.29, 1.82) is 0 Å². The molecule has 6 heteroatoms. The number of likely N-dealkylation sites (tertiary alicyclic amines) is 1. The molecule has 2 amide bonds. The summed E-state index contributed by atoms with van der Waals surface area (Å²) in [4.78, 5) is 33.5. The van der Waals surface area contributed by atoms with E-state index in [-0.39, 0.29) is 23.7 Å². The van der Waals surface area contributed by atoms with Gasteiger partial charge in [0.15, 0.2) is 19.1 Å². The zero-order valence-electron chi connectivity index (χ0n) is 14.0. The van der Waals surface area contributed by atoms with Crippen LogP contribution in [0.5, 0.6) is 0 Å². The van der Waals surface area contributed by atoms with Crippen molar-refractivity contribution in [3.05, 3.63) is 24.5 Å². The summed E-state index contributed by atoms with van der Waals surface area (Å²) in [6.45, 7) is 4.40. The van der Waals surface area contributed by atoms with Crippen molar-refractivity contribution in [1.82, 2.24) is 4.90 Å². The topological polar surface area (TPSA) is 59.2 Å². The second kappa shape index (κ2) is 6.51. The number of aromatic amines is 1. The molecule has 2 saturated heterocycles. The van der Waals surface area contributed by atoms with Gasteiger partial charge >= 0.3 is 0 Å². The molecule has 2 aliphatic heterocycles. The molecule has 3 heterocycles. The number of carbonyl (C=O) groups excluding carboxylic acids is 2. The van der Waals surface area contributed by atoms with Crippen LogP contribution in [0.25, 0.3) is 0 Å². The van der Waals surface area contributed by atoms with Crippen LogP contribution in [0, 0.1) is 11.8 Å². The Kier molecular flexibility index (Phi) is 4.22. The quantitative estimate of drug-likeness (QED) is 0.749. The van der Waals surface area contributed by atoms with Crippen molar-refractivity contribution in [3.8, 4) is 0 Å². The molecule has 128 valence electrons. The van der Waals surface area contributed by atoms with E-state index in [4.69, 9.17) is 0 Å². The van der Waals surface area contributed by atoms with Gasteiger partial charge in [0.25, 0.3) is 0 Å². The first-order chi connectivity index (χ1) is 11.7. The smallest absolute Gasteiger partial charge is 0.237 e. The molecule has 1 saturated carbocycles. The van der Waals surface area contributed by atoms with Gasteiger partial charge in [-0.05, 0) is 12.8 Å². The maximum absolute atomic E-state index is 12.6. The van der Waals surface area contributed by atoms with Crippen LogP contribution in [0.3, 0.4) is 0 Å². The summed E-state index contributed by atoms with van der Waals surface area (Å²) < 4.78 is 0. The standard InChI is InChI=1S/C18H24N4O2/c23-17-15-3-1-2-4-16(15)18(24)22(17)13-20-9-11-21(12-10-20)14-5-7-19-8-6-14/h5-8,15-16H,1-4,9-13H2/p+2/t15-,16-/m0/s1. The van der Waals surface area contributed by atoms with Crippen molar-refractivity contribution in [2.24, 2.45) is 11.8 Å². The summed E-state index contributed by atoms with van der Waals surface area (Å²) in [6, 6.07) is 4.17. The Morgan fingerprint density at radius 3 is 2.17 bits per heavy atom. The van der Waals surface area contributed by atoms with Crippen LogP contribution in [0.2, 0.25) is 0 Å². The Balaban J connectivity index is 1.35. The van der Waals surface area contributed by atoms with E-state index in [0.29, 0.717) is 6.67 Å². The van der Waals surface area contributed by atoms with Crippen molar-refractivity contribution in [3.63, 3.8) is 0 Å². The number of nitrogens with one attached hydrogen (secondary N) is 2. The number of amides is 2. The summed E-state index contributed by atoms with van der Waals surface area (Å²) in [5.74, 6) is 0.150. The normalized spacial score (nSPS) is 28.3. The molecule has 3 fully saturated rings. The number of aromatic nitrogens is 1. The summed E-state index contributed by atoms with van der Waals surface area (Å²) in [5.41, 5.74) is 1.23. The lowest BCUT2D eigenvalue weighted by molar-refractivity contribution is -0.908. The zero-order chi connectivity index (χ0) is 16.5. The van der Waals surface area contributed by atoms with E-state index >= 15 is 0 Å². The minimum atomic E-state index is -0.0208. The summed E-state index contributed by atoms with van der Waals surface area (Å²) in [5, 5.41) is 0. The fourth-order valence-electron chi connectivity index (χ4n) is 4.44. The van der Waals surface area contributed by atoms with Gasteiger partial charge < -0.3 is 9.80 Å². The predicted octanol–water partition coefficient (Wildman–Crippen LogP) is -0.662. The third-order valence-electron chi connectivity index (χ3n) is 5.85. The number of fused-ring (bicyclic) bond motifs is 1. The highest BCUT2D eigenvalue weighted by atomic mass is 16.2. The lowest BCUT2D eigenvalue weighted by Crippen LogP contribution is -3.16. The van der Waals surface area contributed by atoms with Crippen LogP contribution in [-0.4, -0.2) is 49.6 Å². The molecule has 4 rings (SSSR count). The van der Waals surface area contributed by atoms with Gasteiger partial charge in [0.05, 0.1) is 38.0 Å². The van der Waals surface area contributed by atoms with Gasteiger partial charge in [0.1, 0.15) is 0 Å². The van der Waals surface area contributed by atoms with E-state index in [0.717, 1.165) is 51.9 Å². The molecule has 0 aromatic carbocycles. The Hall–Kier alpha value is -1.95. The molecule has 2 atom stereocenters. The summed E-state index contributed by atoms with van der Waals surface area (Å²) in [7, 11) is 0. The lowest BCUT2D eigenvalue weighted by Gasteiger charge is -2.34. The van der Waals surface area contributed by atoms with Gasteiger partial charge in [-0.1, -0.05) is 12.8 Å². The molecule has 24 heavy (non-hydrogen) atoms. The molecule has 0 spiro atoms. The number of quaternary nitrogens is 1. The van der Waals surface area contributed by atoms with Crippen LogP contribution < -0.4 is 14.8 Å². The number of hydrogen-bond acceptors (Lipinski definition) is 3. The molecule has 2 N–H and O–H groups in total. The van der Waals surface area contributed by atoms with E-state index in [1.165, 1.54) is 10.6 Å². The van der Waals surface area contributed by atoms with Crippen LogP contribution in [0.4, 0.5) is 5.69 Å². The molecule has 1 aromatic rings. The third-order valence-corrected chi connectivity index (χ3v) is 5.85. The van der Waals surface area contributed by atoms with E-state index in [1.807, 2.05) is 12.4 Å². The minimum absolute atomic E-state index is 0.0208. The number of carbonyl (C=O) groups is 2. The van der Waals surface area contributed by atoms with E-state index in [2.05, 4.69) is 22.0 Å². The number of imide groups is 1. The van der Waals surface area contributed by atoms with E-state index in [1.54, 1.807) is 4.90 Å². The fraction of sp³-hybridized carbons (Fsp3) is 0.611. The van der Waals surface area contributed by atoms with Crippen molar-refractivity contribution >= 4 is 17.5 Å². The summed E-state index contributed by atoms with van der Waals surface area (Å²) >= 11 is 0. The predicted molar refractivity (Wildman–Crippen MR) is 88.1 cm³/mol. The molecule has 6 nitrogen and oxygen atoms in total. The van der Waals surface area contributed by atoms with Gasteiger partial charge in [-0.25, -0.2) is 9.88 Å². The van der Waals surface area contributed by atoms with Crippen molar-refractivity contribution in [2.45, 2.75) is 25.7 Å². The first-order valence-electron chi connectivity index (χ1n) is 9.14. The Bertz CT molecular complexity index is 589. The number of rotatable bonds is 3.